The molecule has 0 bridgehead atoms. The first-order valence-corrected chi connectivity index (χ1v) is 10.1. The third kappa shape index (κ3) is 8.38. The molecule has 0 aliphatic rings. The lowest BCUT2D eigenvalue weighted by Crippen LogP contribution is -2.30. The number of nitrogens with zero attached hydrogens (tertiary/aromatic N) is 1. The zero-order chi connectivity index (χ0) is 22.0. The summed E-state index contributed by atoms with van der Waals surface area (Å²) in [5, 5.41) is 2.73. The fourth-order valence-corrected chi connectivity index (χ4v) is 2.59. The maximum atomic E-state index is 12.6. The van der Waals surface area contributed by atoms with Crippen molar-refractivity contribution in [2.24, 2.45) is 0 Å². The number of carbonyl (C=O) groups excluding carboxylic acids is 2. The van der Waals surface area contributed by atoms with Gasteiger partial charge in [-0.1, -0.05) is 55.8 Å². The summed E-state index contributed by atoms with van der Waals surface area (Å²) in [4.78, 5) is 26.3. The minimum Gasteiger partial charge on any atom is -0.444 e. The van der Waals surface area contributed by atoms with E-state index < -0.39 is 11.7 Å². The number of aryl methyl sites for hydroxylation is 2. The molecule has 1 N–H and O–H groups in total. The van der Waals surface area contributed by atoms with Gasteiger partial charge in [0, 0.05) is 13.5 Å². The van der Waals surface area contributed by atoms with Gasteiger partial charge in [0.2, 0.25) is 5.91 Å². The zero-order valence-corrected chi connectivity index (χ0v) is 18.7. The number of hydrogen-bond acceptors (Lipinski definition) is 3. The summed E-state index contributed by atoms with van der Waals surface area (Å²) in [6.45, 7) is 11.5. The second-order valence-corrected chi connectivity index (χ2v) is 7.58. The number of nitrogens with one attached hydrogen (secondary N) is 1. The Hall–Kier alpha value is -2.82. The Morgan fingerprint density at radius 2 is 1.59 bits per heavy atom. The van der Waals surface area contributed by atoms with Gasteiger partial charge in [-0.15, -0.1) is 0 Å². The third-order valence-corrected chi connectivity index (χ3v) is 4.02. The molecular weight excluding hydrogens is 364 g/mol. The van der Waals surface area contributed by atoms with Crippen LogP contribution in [0, 0.1) is 6.92 Å². The van der Waals surface area contributed by atoms with E-state index in [1.165, 1.54) is 5.56 Å². The van der Waals surface area contributed by atoms with Crippen molar-refractivity contribution in [2.45, 2.75) is 60.0 Å². The van der Waals surface area contributed by atoms with Crippen LogP contribution >= 0.6 is 0 Å². The molecule has 0 atom stereocenters. The summed E-state index contributed by atoms with van der Waals surface area (Å²) in [5.74, 6) is -0.0194. The van der Waals surface area contributed by atoms with E-state index in [0.717, 1.165) is 5.56 Å². The summed E-state index contributed by atoms with van der Waals surface area (Å²) < 4.78 is 5.30. The summed E-state index contributed by atoms with van der Waals surface area (Å²) in [7, 11) is 1.72. The highest BCUT2D eigenvalue weighted by atomic mass is 16.6. The van der Waals surface area contributed by atoms with Crippen LogP contribution in [0.1, 0.15) is 52.2 Å². The molecule has 0 fully saturated rings. The Balaban J connectivity index is 0.00000204. The molecule has 29 heavy (non-hydrogen) atoms. The lowest BCUT2D eigenvalue weighted by atomic mass is 10.1. The van der Waals surface area contributed by atoms with E-state index in [9.17, 15) is 9.59 Å². The van der Waals surface area contributed by atoms with E-state index in [1.54, 1.807) is 50.9 Å². The van der Waals surface area contributed by atoms with Gasteiger partial charge in [0.25, 0.3) is 0 Å². The van der Waals surface area contributed by atoms with Gasteiger partial charge >= 0.3 is 6.09 Å². The number of anilines is 2. The topological polar surface area (TPSA) is 58.6 Å². The lowest BCUT2D eigenvalue weighted by Gasteiger charge is -2.23. The van der Waals surface area contributed by atoms with Gasteiger partial charge < -0.3 is 9.64 Å². The standard InChI is InChI=1S/C22H28N2O3.C2H6/c1-16-10-12-17(13-11-16)14-15-20(25)24(5)19-9-7-6-8-18(19)23-21(26)27-22(2,3)4;1-2/h6-13H,14-15H2,1-5H3,(H,23,26);1-2H3. The minimum absolute atomic E-state index is 0.0194. The summed E-state index contributed by atoms with van der Waals surface area (Å²) >= 11 is 0. The van der Waals surface area contributed by atoms with Gasteiger partial charge in [0.1, 0.15) is 5.60 Å². The van der Waals surface area contributed by atoms with Crippen LogP contribution in [0.2, 0.25) is 0 Å². The van der Waals surface area contributed by atoms with Crippen LogP contribution in [0.15, 0.2) is 48.5 Å². The number of benzene rings is 2. The van der Waals surface area contributed by atoms with Crippen molar-refractivity contribution in [2.75, 3.05) is 17.3 Å². The van der Waals surface area contributed by atoms with Crippen molar-refractivity contribution in [1.82, 2.24) is 0 Å². The molecule has 2 rings (SSSR count). The number of ether oxygens (including phenoxy) is 1. The van der Waals surface area contributed by atoms with Crippen LogP contribution < -0.4 is 10.2 Å². The van der Waals surface area contributed by atoms with Gasteiger partial charge in [0.15, 0.2) is 0 Å². The molecule has 0 saturated carbocycles. The van der Waals surface area contributed by atoms with Crippen LogP contribution in [0.5, 0.6) is 0 Å². The van der Waals surface area contributed by atoms with E-state index in [0.29, 0.717) is 24.2 Å². The molecule has 2 aromatic rings. The quantitative estimate of drug-likeness (QED) is 0.675. The second-order valence-electron chi connectivity index (χ2n) is 7.58. The van der Waals surface area contributed by atoms with E-state index >= 15 is 0 Å². The van der Waals surface area contributed by atoms with Crippen LogP contribution in [0.4, 0.5) is 16.2 Å². The molecule has 5 heteroatoms. The van der Waals surface area contributed by atoms with Crippen LogP contribution in [0.25, 0.3) is 0 Å². The first-order chi connectivity index (χ1) is 13.7. The Kier molecular flexibility index (Phi) is 9.39. The van der Waals surface area contributed by atoms with E-state index in [4.69, 9.17) is 4.74 Å². The molecule has 0 saturated heterocycles. The van der Waals surface area contributed by atoms with Crippen molar-refractivity contribution >= 4 is 23.4 Å². The molecule has 2 amide bonds. The number of rotatable bonds is 5. The summed E-state index contributed by atoms with van der Waals surface area (Å²) in [6, 6.07) is 15.4. The van der Waals surface area contributed by atoms with Crippen molar-refractivity contribution < 1.29 is 14.3 Å². The monoisotopic (exact) mass is 398 g/mol. The highest BCUT2D eigenvalue weighted by Crippen LogP contribution is 2.26. The van der Waals surface area contributed by atoms with E-state index in [1.807, 2.05) is 51.1 Å². The van der Waals surface area contributed by atoms with Crippen molar-refractivity contribution in [1.29, 1.82) is 0 Å². The fourth-order valence-electron chi connectivity index (χ4n) is 2.59. The van der Waals surface area contributed by atoms with Crippen LogP contribution in [-0.2, 0) is 16.0 Å². The number of amides is 2. The Labute approximate surface area is 175 Å². The van der Waals surface area contributed by atoms with Gasteiger partial charge in [0.05, 0.1) is 11.4 Å². The molecular formula is C24H34N2O3. The number of carbonyl (C=O) groups is 2. The highest BCUT2D eigenvalue weighted by molar-refractivity contribution is 5.99. The number of hydrogen-bond donors (Lipinski definition) is 1. The van der Waals surface area contributed by atoms with E-state index in [2.05, 4.69) is 5.32 Å². The van der Waals surface area contributed by atoms with Gasteiger partial charge in [-0.2, -0.15) is 0 Å². The van der Waals surface area contributed by atoms with Gasteiger partial charge in [-0.25, -0.2) is 4.79 Å². The molecule has 2 aromatic carbocycles. The molecule has 0 heterocycles. The first kappa shape index (κ1) is 24.2. The molecule has 5 nitrogen and oxygen atoms in total. The molecule has 158 valence electrons. The molecule has 0 aromatic heterocycles. The Morgan fingerprint density at radius 3 is 2.17 bits per heavy atom. The molecule has 0 aliphatic heterocycles. The Morgan fingerprint density at radius 1 is 1.00 bits per heavy atom. The average Bonchev–Trinajstić information content (AvgIpc) is 2.67. The third-order valence-electron chi connectivity index (χ3n) is 4.02. The number of para-hydroxylation sites is 2. The molecule has 0 spiro atoms. The zero-order valence-electron chi connectivity index (χ0n) is 18.7. The van der Waals surface area contributed by atoms with Crippen LogP contribution in [-0.4, -0.2) is 24.6 Å². The summed E-state index contributed by atoms with van der Waals surface area (Å²) in [6.07, 6.45) is 0.515. The van der Waals surface area contributed by atoms with Gasteiger partial charge in [-0.3, -0.25) is 10.1 Å². The van der Waals surface area contributed by atoms with Crippen molar-refractivity contribution in [3.05, 3.63) is 59.7 Å². The maximum Gasteiger partial charge on any atom is 0.412 e. The highest BCUT2D eigenvalue weighted by Gasteiger charge is 2.19. The second kappa shape index (κ2) is 11.2. The Bertz CT molecular complexity index is 793. The smallest absolute Gasteiger partial charge is 0.412 e. The first-order valence-electron chi connectivity index (χ1n) is 10.1. The lowest BCUT2D eigenvalue weighted by molar-refractivity contribution is -0.118. The van der Waals surface area contributed by atoms with Crippen molar-refractivity contribution in [3.63, 3.8) is 0 Å². The normalized spacial score (nSPS) is 10.4. The van der Waals surface area contributed by atoms with E-state index in [-0.39, 0.29) is 5.91 Å². The molecule has 0 radical (unpaired) electrons. The molecule has 0 aliphatic carbocycles. The average molecular weight is 399 g/mol. The largest absolute Gasteiger partial charge is 0.444 e. The predicted octanol–water partition coefficient (Wildman–Crippen LogP) is 5.96. The SMILES string of the molecule is CC.Cc1ccc(CCC(=O)N(C)c2ccccc2NC(=O)OC(C)(C)C)cc1. The maximum absolute atomic E-state index is 12.6. The molecule has 0 unspecified atom stereocenters. The fraction of sp³-hybridized carbons (Fsp3) is 0.417. The summed E-state index contributed by atoms with van der Waals surface area (Å²) in [5.41, 5.74) is 2.91. The predicted molar refractivity (Wildman–Crippen MR) is 121 cm³/mol. The van der Waals surface area contributed by atoms with Gasteiger partial charge in [-0.05, 0) is 51.8 Å². The van der Waals surface area contributed by atoms with Crippen LogP contribution in [0.3, 0.4) is 0 Å². The van der Waals surface area contributed by atoms with Crippen molar-refractivity contribution in [3.8, 4) is 0 Å². The minimum atomic E-state index is -0.589.